The van der Waals surface area contributed by atoms with E-state index in [2.05, 4.69) is 24.1 Å². The molecule has 0 bridgehead atoms. The Kier molecular flexibility index (Phi) is 6.09. The minimum Gasteiger partial charge on any atom is -0.355 e. The molecule has 4 heteroatoms. The lowest BCUT2D eigenvalue weighted by atomic mass is 9.96. The van der Waals surface area contributed by atoms with Gasteiger partial charge < -0.3 is 11.1 Å². The van der Waals surface area contributed by atoms with Crippen molar-refractivity contribution in [2.75, 3.05) is 26.7 Å². The summed E-state index contributed by atoms with van der Waals surface area (Å²) in [7, 11) is 2.03. The van der Waals surface area contributed by atoms with Crippen molar-refractivity contribution in [3.8, 4) is 0 Å². The van der Waals surface area contributed by atoms with E-state index >= 15 is 0 Å². The number of rotatable bonds is 7. The molecular formula is C14H29N3O. The van der Waals surface area contributed by atoms with Crippen LogP contribution in [0.4, 0.5) is 0 Å². The fraction of sp³-hybridized carbons (Fsp3) is 0.929. The van der Waals surface area contributed by atoms with Crippen LogP contribution in [0.15, 0.2) is 0 Å². The van der Waals surface area contributed by atoms with Crippen molar-refractivity contribution in [3.63, 3.8) is 0 Å². The number of carbonyl (C=O) groups excluding carboxylic acids is 1. The summed E-state index contributed by atoms with van der Waals surface area (Å²) in [6, 6.07) is 0. The zero-order valence-corrected chi connectivity index (χ0v) is 12.2. The van der Waals surface area contributed by atoms with Crippen LogP contribution in [0.1, 0.15) is 46.0 Å². The molecule has 1 aliphatic carbocycles. The molecule has 0 aliphatic heterocycles. The van der Waals surface area contributed by atoms with Crippen LogP contribution >= 0.6 is 0 Å². The summed E-state index contributed by atoms with van der Waals surface area (Å²) in [5.74, 6) is 0.756. The maximum absolute atomic E-state index is 11.9. The summed E-state index contributed by atoms with van der Waals surface area (Å²) in [6.45, 7) is 6.23. The van der Waals surface area contributed by atoms with Crippen molar-refractivity contribution < 1.29 is 4.79 Å². The molecule has 0 atom stereocenters. The summed E-state index contributed by atoms with van der Waals surface area (Å²) in [5.41, 5.74) is 5.98. The van der Waals surface area contributed by atoms with E-state index in [9.17, 15) is 4.79 Å². The zero-order chi connectivity index (χ0) is 13.6. The topological polar surface area (TPSA) is 58.4 Å². The summed E-state index contributed by atoms with van der Waals surface area (Å²) < 4.78 is 0. The van der Waals surface area contributed by atoms with E-state index in [1.807, 2.05) is 7.05 Å². The van der Waals surface area contributed by atoms with Gasteiger partial charge in [0.25, 0.3) is 0 Å². The lowest BCUT2D eigenvalue weighted by Gasteiger charge is -2.37. The molecule has 1 saturated carbocycles. The van der Waals surface area contributed by atoms with Gasteiger partial charge in [0, 0.05) is 18.6 Å². The van der Waals surface area contributed by atoms with E-state index in [1.54, 1.807) is 0 Å². The Morgan fingerprint density at radius 2 is 2.00 bits per heavy atom. The van der Waals surface area contributed by atoms with Crippen LogP contribution in [0.3, 0.4) is 0 Å². The molecule has 0 unspecified atom stereocenters. The molecule has 18 heavy (non-hydrogen) atoms. The minimum atomic E-state index is 0.0649. The van der Waals surface area contributed by atoms with Crippen LogP contribution < -0.4 is 11.1 Å². The van der Waals surface area contributed by atoms with Gasteiger partial charge in [0.1, 0.15) is 0 Å². The highest BCUT2D eigenvalue weighted by molar-refractivity contribution is 5.78. The number of amides is 1. The molecule has 0 aromatic rings. The number of nitrogens with two attached hydrogens (primary N) is 1. The molecule has 0 spiro atoms. The largest absolute Gasteiger partial charge is 0.355 e. The minimum absolute atomic E-state index is 0.0649. The molecule has 106 valence electrons. The van der Waals surface area contributed by atoms with Gasteiger partial charge in [-0.15, -0.1) is 0 Å². The third kappa shape index (κ3) is 4.25. The first-order valence-electron chi connectivity index (χ1n) is 7.18. The average molecular weight is 255 g/mol. The molecule has 0 radical (unpaired) electrons. The first kappa shape index (κ1) is 15.4. The predicted molar refractivity (Wildman–Crippen MR) is 75.3 cm³/mol. The molecule has 3 N–H and O–H groups in total. The second-order valence-electron chi connectivity index (χ2n) is 6.02. The van der Waals surface area contributed by atoms with Crippen LogP contribution in [-0.2, 0) is 4.79 Å². The maximum Gasteiger partial charge on any atom is 0.234 e. The second kappa shape index (κ2) is 7.10. The van der Waals surface area contributed by atoms with E-state index in [1.165, 1.54) is 12.8 Å². The van der Waals surface area contributed by atoms with Gasteiger partial charge in [-0.05, 0) is 32.2 Å². The van der Waals surface area contributed by atoms with Crippen molar-refractivity contribution in [1.29, 1.82) is 0 Å². The smallest absolute Gasteiger partial charge is 0.234 e. The van der Waals surface area contributed by atoms with E-state index in [-0.39, 0.29) is 11.4 Å². The Bertz CT molecular complexity index is 260. The van der Waals surface area contributed by atoms with Crippen LogP contribution in [0, 0.1) is 5.92 Å². The lowest BCUT2D eigenvalue weighted by molar-refractivity contribution is -0.123. The van der Waals surface area contributed by atoms with E-state index in [0.29, 0.717) is 19.0 Å². The number of nitrogens with one attached hydrogen (secondary N) is 1. The van der Waals surface area contributed by atoms with E-state index in [4.69, 9.17) is 5.73 Å². The molecule has 1 amide bonds. The van der Waals surface area contributed by atoms with Crippen LogP contribution in [0.2, 0.25) is 0 Å². The number of hydrogen-bond acceptors (Lipinski definition) is 3. The third-order valence-electron chi connectivity index (χ3n) is 4.15. The van der Waals surface area contributed by atoms with Gasteiger partial charge >= 0.3 is 0 Å². The summed E-state index contributed by atoms with van der Waals surface area (Å²) in [5, 5.41) is 2.99. The van der Waals surface area contributed by atoms with Gasteiger partial charge in [0.15, 0.2) is 0 Å². The number of hydrogen-bond donors (Lipinski definition) is 2. The summed E-state index contributed by atoms with van der Waals surface area (Å²) >= 11 is 0. The van der Waals surface area contributed by atoms with Gasteiger partial charge in [-0.2, -0.15) is 0 Å². The fourth-order valence-corrected chi connectivity index (χ4v) is 2.71. The molecule has 1 rings (SSSR count). The number of likely N-dealkylation sites (N-methyl/N-ethyl adjacent to an activating group) is 1. The van der Waals surface area contributed by atoms with Gasteiger partial charge in [0.2, 0.25) is 5.91 Å². The van der Waals surface area contributed by atoms with E-state index < -0.39 is 0 Å². The van der Waals surface area contributed by atoms with Gasteiger partial charge in [-0.25, -0.2) is 0 Å². The summed E-state index contributed by atoms with van der Waals surface area (Å²) in [6.07, 6.45) is 5.75. The van der Waals surface area contributed by atoms with Gasteiger partial charge in [-0.3, -0.25) is 9.69 Å². The van der Waals surface area contributed by atoms with Gasteiger partial charge in [-0.1, -0.05) is 26.7 Å². The van der Waals surface area contributed by atoms with Crippen LogP contribution in [0.25, 0.3) is 0 Å². The first-order valence-corrected chi connectivity index (χ1v) is 7.18. The Morgan fingerprint density at radius 3 is 2.50 bits per heavy atom. The summed E-state index contributed by atoms with van der Waals surface area (Å²) in [4.78, 5) is 14.0. The first-order chi connectivity index (χ1) is 8.50. The highest BCUT2D eigenvalue weighted by atomic mass is 16.2. The molecule has 0 aromatic carbocycles. The fourth-order valence-electron chi connectivity index (χ4n) is 2.71. The lowest BCUT2D eigenvalue weighted by Crippen LogP contribution is -2.53. The SMILES string of the molecule is CC(C)CCNC(=O)CN(C)C1(CN)CCCC1. The molecule has 0 heterocycles. The number of nitrogens with zero attached hydrogens (tertiary/aromatic N) is 1. The Morgan fingerprint density at radius 1 is 1.39 bits per heavy atom. The normalized spacial score (nSPS) is 18.6. The molecule has 0 aromatic heterocycles. The van der Waals surface area contributed by atoms with Gasteiger partial charge in [0.05, 0.1) is 6.54 Å². The maximum atomic E-state index is 11.9. The Hall–Kier alpha value is -0.610. The van der Waals surface area contributed by atoms with E-state index in [0.717, 1.165) is 25.8 Å². The average Bonchev–Trinajstić information content (AvgIpc) is 2.78. The zero-order valence-electron chi connectivity index (χ0n) is 12.2. The quantitative estimate of drug-likeness (QED) is 0.722. The number of carbonyl (C=O) groups is 1. The molecule has 1 fully saturated rings. The standard InChI is InChI=1S/C14H29N3O/c1-12(2)6-9-16-13(18)10-17(3)14(11-15)7-4-5-8-14/h12H,4-11,15H2,1-3H3,(H,16,18). The molecular weight excluding hydrogens is 226 g/mol. The predicted octanol–water partition coefficient (Wildman–Crippen LogP) is 1.35. The molecule has 4 nitrogen and oxygen atoms in total. The third-order valence-corrected chi connectivity index (χ3v) is 4.15. The van der Waals surface area contributed by atoms with Crippen molar-refractivity contribution >= 4 is 5.91 Å². The Labute approximate surface area is 111 Å². The van der Waals surface area contributed by atoms with Crippen molar-refractivity contribution in [1.82, 2.24) is 10.2 Å². The second-order valence-corrected chi connectivity index (χ2v) is 6.02. The highest BCUT2D eigenvalue weighted by Gasteiger charge is 2.36. The van der Waals surface area contributed by atoms with Crippen molar-refractivity contribution in [3.05, 3.63) is 0 Å². The van der Waals surface area contributed by atoms with Crippen molar-refractivity contribution in [2.24, 2.45) is 11.7 Å². The highest BCUT2D eigenvalue weighted by Crippen LogP contribution is 2.33. The molecule has 0 saturated heterocycles. The van der Waals surface area contributed by atoms with Crippen molar-refractivity contribution in [2.45, 2.75) is 51.5 Å². The molecule has 1 aliphatic rings. The van der Waals surface area contributed by atoms with Crippen LogP contribution in [0.5, 0.6) is 0 Å². The monoisotopic (exact) mass is 255 g/mol. The Balaban J connectivity index is 2.34. The van der Waals surface area contributed by atoms with Crippen LogP contribution in [-0.4, -0.2) is 43.0 Å².